The molecule has 1 N–H and O–H groups in total. The number of hydrogen-bond donors (Lipinski definition) is 1. The monoisotopic (exact) mass is 697 g/mol. The van der Waals surface area contributed by atoms with Crippen molar-refractivity contribution in [2.75, 3.05) is 22.6 Å². The fourth-order valence-electron chi connectivity index (χ4n) is 4.32. The lowest BCUT2D eigenvalue weighted by Gasteiger charge is -2.21. The number of alkyl halides is 6. The summed E-state index contributed by atoms with van der Waals surface area (Å²) in [7, 11) is 0. The summed E-state index contributed by atoms with van der Waals surface area (Å²) >= 11 is 7.40. The van der Waals surface area contributed by atoms with Crippen LogP contribution in [0.1, 0.15) is 12.0 Å². The average Bonchev–Trinajstić information content (AvgIpc) is 3.61. The molecule has 3 amide bonds. The van der Waals surface area contributed by atoms with Gasteiger partial charge < -0.3 is 19.4 Å². The van der Waals surface area contributed by atoms with Gasteiger partial charge in [-0.25, -0.2) is 9.78 Å². The Morgan fingerprint density at radius 3 is 2.49 bits per heavy atom. The summed E-state index contributed by atoms with van der Waals surface area (Å²) in [6, 6.07) is 13.6. The van der Waals surface area contributed by atoms with Crippen molar-refractivity contribution in [1.82, 2.24) is 9.55 Å². The second-order valence-corrected chi connectivity index (χ2v) is 11.3. The highest BCUT2D eigenvalue weighted by Gasteiger charge is 2.34. The first kappa shape index (κ1) is 33.7. The SMILES string of the molecule is Cc1ccc(OCCC(F)(F)F)c(N2C(=O)CSC2=NC(=O)Nc2ccc(-n3cnc(-c4ccc(OC(F)(F)F)cc4)c3)cc2Cl)c1. The normalized spacial score (nSPS) is 14.5. The fraction of sp³-hybridized carbons (Fsp3) is 0.200. The quantitative estimate of drug-likeness (QED) is 0.186. The van der Waals surface area contributed by atoms with Gasteiger partial charge in [-0.05, 0) is 67.1 Å². The van der Waals surface area contributed by atoms with Crippen LogP contribution in [0.5, 0.6) is 11.5 Å². The van der Waals surface area contributed by atoms with Gasteiger partial charge in [-0.15, -0.1) is 13.2 Å². The van der Waals surface area contributed by atoms with E-state index in [0.29, 0.717) is 22.5 Å². The molecule has 0 radical (unpaired) electrons. The van der Waals surface area contributed by atoms with Gasteiger partial charge in [0.25, 0.3) is 0 Å². The highest BCUT2D eigenvalue weighted by molar-refractivity contribution is 8.15. The molecule has 2 heterocycles. The summed E-state index contributed by atoms with van der Waals surface area (Å²) in [5.41, 5.74) is 2.59. The average molecular weight is 698 g/mol. The number of rotatable bonds is 8. The number of carbonyl (C=O) groups excluding carboxylic acids is 2. The number of carbonyl (C=O) groups is 2. The third-order valence-corrected chi connectivity index (χ3v) is 7.66. The number of amidine groups is 1. The maximum atomic E-state index is 12.9. The Balaban J connectivity index is 1.29. The molecule has 1 saturated heterocycles. The van der Waals surface area contributed by atoms with Crippen LogP contribution in [0.4, 0.5) is 42.5 Å². The summed E-state index contributed by atoms with van der Waals surface area (Å²) in [5.74, 6) is -0.844. The number of nitrogens with zero attached hydrogens (tertiary/aromatic N) is 4. The number of aliphatic imine (C=N–C) groups is 1. The first-order valence-electron chi connectivity index (χ1n) is 13.5. The number of halogens is 7. The van der Waals surface area contributed by atoms with Gasteiger partial charge in [-0.1, -0.05) is 29.4 Å². The van der Waals surface area contributed by atoms with E-state index in [9.17, 15) is 35.9 Å². The number of urea groups is 1. The Kier molecular flexibility index (Phi) is 9.72. The standard InChI is InChI=1S/C30H22ClF6N5O4S/c1-17-2-9-25(45-11-10-29(32,33)34)24(12-17)42-26(43)15-47-28(42)40-27(44)39-22-8-5-19(13-21(22)31)41-14-23(38-16-41)18-3-6-20(7-4-18)46-30(35,36)37/h2-9,12-14,16H,10-11,15H2,1H3,(H,39,44). The molecule has 0 spiro atoms. The molecular weight excluding hydrogens is 676 g/mol. The van der Waals surface area contributed by atoms with E-state index in [4.69, 9.17) is 16.3 Å². The molecule has 1 aliphatic rings. The number of benzene rings is 3. The summed E-state index contributed by atoms with van der Waals surface area (Å²) in [4.78, 5) is 35.1. The molecular formula is C30H22ClF6N5O4S. The van der Waals surface area contributed by atoms with Crippen molar-refractivity contribution in [3.8, 4) is 28.4 Å². The van der Waals surface area contributed by atoms with Gasteiger partial charge >= 0.3 is 18.6 Å². The topological polar surface area (TPSA) is 98.1 Å². The third-order valence-electron chi connectivity index (χ3n) is 6.42. The second kappa shape index (κ2) is 13.6. The summed E-state index contributed by atoms with van der Waals surface area (Å²) in [5, 5.41) is 2.68. The lowest BCUT2D eigenvalue weighted by atomic mass is 10.1. The third kappa shape index (κ3) is 8.77. The van der Waals surface area contributed by atoms with Crippen LogP contribution in [0.2, 0.25) is 5.02 Å². The smallest absolute Gasteiger partial charge is 0.491 e. The van der Waals surface area contributed by atoms with Crippen molar-refractivity contribution in [3.05, 3.63) is 83.8 Å². The number of thioether (sulfide) groups is 1. The lowest BCUT2D eigenvalue weighted by Crippen LogP contribution is -2.31. The van der Waals surface area contributed by atoms with E-state index in [-0.39, 0.29) is 38.8 Å². The number of anilines is 2. The van der Waals surface area contributed by atoms with E-state index in [1.54, 1.807) is 35.9 Å². The Morgan fingerprint density at radius 2 is 1.81 bits per heavy atom. The molecule has 4 aromatic rings. The van der Waals surface area contributed by atoms with Crippen LogP contribution in [0.3, 0.4) is 0 Å². The van der Waals surface area contributed by atoms with Crippen LogP contribution in [0, 0.1) is 6.92 Å². The zero-order valence-corrected chi connectivity index (χ0v) is 25.6. The lowest BCUT2D eigenvalue weighted by molar-refractivity contribution is -0.274. The van der Waals surface area contributed by atoms with Crippen molar-refractivity contribution < 1.29 is 45.4 Å². The molecule has 0 bridgehead atoms. The predicted molar refractivity (Wildman–Crippen MR) is 164 cm³/mol. The van der Waals surface area contributed by atoms with Gasteiger partial charge in [-0.2, -0.15) is 18.2 Å². The van der Waals surface area contributed by atoms with Crippen molar-refractivity contribution >= 4 is 51.8 Å². The van der Waals surface area contributed by atoms with Crippen molar-refractivity contribution in [1.29, 1.82) is 0 Å². The Morgan fingerprint density at radius 1 is 1.06 bits per heavy atom. The molecule has 17 heteroatoms. The van der Waals surface area contributed by atoms with Gasteiger partial charge in [0.1, 0.15) is 11.5 Å². The van der Waals surface area contributed by atoms with Crippen LogP contribution in [0.15, 0.2) is 78.2 Å². The van der Waals surface area contributed by atoms with Crippen LogP contribution in [-0.4, -0.2) is 51.6 Å². The summed E-state index contributed by atoms with van der Waals surface area (Å²) in [6.07, 6.45) is -7.32. The van der Waals surface area contributed by atoms with Crippen molar-refractivity contribution in [2.45, 2.75) is 25.9 Å². The Bertz CT molecular complexity index is 1830. The zero-order chi connectivity index (χ0) is 33.9. The number of nitrogens with one attached hydrogen (secondary N) is 1. The van der Waals surface area contributed by atoms with Crippen molar-refractivity contribution in [2.24, 2.45) is 4.99 Å². The molecule has 0 aliphatic carbocycles. The predicted octanol–water partition coefficient (Wildman–Crippen LogP) is 8.40. The van der Waals surface area contributed by atoms with Crippen LogP contribution in [0.25, 0.3) is 16.9 Å². The minimum absolute atomic E-state index is 0.00420. The van der Waals surface area contributed by atoms with Gasteiger partial charge in [0.15, 0.2) is 5.17 Å². The van der Waals surface area contributed by atoms with Crippen LogP contribution < -0.4 is 19.7 Å². The minimum atomic E-state index is -4.80. The van der Waals surface area contributed by atoms with Gasteiger partial charge in [-0.3, -0.25) is 9.69 Å². The molecule has 1 fully saturated rings. The maximum Gasteiger partial charge on any atom is 0.573 e. The molecule has 1 aromatic heterocycles. The number of hydrogen-bond acceptors (Lipinski definition) is 6. The largest absolute Gasteiger partial charge is 0.573 e. The molecule has 1 aliphatic heterocycles. The summed E-state index contributed by atoms with van der Waals surface area (Å²) in [6.45, 7) is 1.06. The molecule has 3 aromatic carbocycles. The zero-order valence-electron chi connectivity index (χ0n) is 24.0. The van der Waals surface area contributed by atoms with E-state index in [1.807, 2.05) is 0 Å². The van der Waals surface area contributed by atoms with Crippen molar-refractivity contribution in [3.63, 3.8) is 0 Å². The number of ether oxygens (including phenoxy) is 2. The number of imidazole rings is 1. The second-order valence-electron chi connectivity index (χ2n) is 9.93. The molecule has 47 heavy (non-hydrogen) atoms. The highest BCUT2D eigenvalue weighted by Crippen LogP contribution is 2.36. The molecule has 246 valence electrons. The number of amides is 3. The van der Waals surface area contributed by atoms with Gasteiger partial charge in [0, 0.05) is 17.4 Å². The molecule has 9 nitrogen and oxygen atoms in total. The first-order valence-corrected chi connectivity index (χ1v) is 14.9. The molecule has 0 unspecified atom stereocenters. The Hall–Kier alpha value is -4.70. The maximum absolute atomic E-state index is 12.9. The first-order chi connectivity index (χ1) is 22.1. The van der Waals surface area contributed by atoms with E-state index >= 15 is 0 Å². The van der Waals surface area contributed by atoms with E-state index in [0.717, 1.165) is 16.7 Å². The van der Waals surface area contributed by atoms with E-state index in [2.05, 4.69) is 20.0 Å². The highest BCUT2D eigenvalue weighted by atomic mass is 35.5. The fourth-order valence-corrected chi connectivity index (χ4v) is 5.40. The molecule has 0 saturated carbocycles. The van der Waals surface area contributed by atoms with Crippen LogP contribution in [-0.2, 0) is 4.79 Å². The van der Waals surface area contributed by atoms with E-state index < -0.39 is 37.5 Å². The molecule has 0 atom stereocenters. The van der Waals surface area contributed by atoms with Gasteiger partial charge in [0.2, 0.25) is 5.91 Å². The van der Waals surface area contributed by atoms with Gasteiger partial charge in [0.05, 0.1) is 47.2 Å². The minimum Gasteiger partial charge on any atom is -0.491 e. The number of aryl methyl sites for hydroxylation is 1. The van der Waals surface area contributed by atoms with E-state index in [1.165, 1.54) is 48.8 Å². The van der Waals surface area contributed by atoms with Crippen LogP contribution >= 0.6 is 23.4 Å². The Labute approximate surface area is 272 Å². The molecule has 5 rings (SSSR count). The summed E-state index contributed by atoms with van der Waals surface area (Å²) < 4.78 is 86.1. The number of aromatic nitrogens is 2.